The maximum Gasteiger partial charge on any atom is 0.351 e. The number of esters is 1. The Balaban J connectivity index is 1.37. The standard InChI is InChI=1S/C27H16BrNO7/c28-18-7-9-22-17(10-18)12-21(27(33)35-22)26(32)34-19-8-6-16-11-20(25(31)36-23(16)13-19)24(30)29-14-15-4-2-1-3-5-15/h1-13H,14H2,(H,29,30). The Morgan fingerprint density at radius 3 is 2.31 bits per heavy atom. The molecule has 0 saturated heterocycles. The lowest BCUT2D eigenvalue weighted by Gasteiger charge is -2.07. The number of hydrogen-bond donors (Lipinski definition) is 1. The van der Waals surface area contributed by atoms with Crippen LogP contribution < -0.4 is 21.3 Å². The van der Waals surface area contributed by atoms with Gasteiger partial charge in [0.1, 0.15) is 28.0 Å². The monoisotopic (exact) mass is 545 g/mol. The van der Waals surface area contributed by atoms with Gasteiger partial charge in [-0.3, -0.25) is 4.79 Å². The van der Waals surface area contributed by atoms with E-state index in [1.54, 1.807) is 18.2 Å². The van der Waals surface area contributed by atoms with Gasteiger partial charge in [0.05, 0.1) is 0 Å². The molecule has 1 amide bonds. The van der Waals surface area contributed by atoms with Crippen LogP contribution in [-0.2, 0) is 6.54 Å². The Bertz CT molecular complexity index is 1760. The normalized spacial score (nSPS) is 10.9. The van der Waals surface area contributed by atoms with E-state index in [0.29, 0.717) is 16.4 Å². The van der Waals surface area contributed by atoms with Gasteiger partial charge in [-0.15, -0.1) is 0 Å². The third-order valence-electron chi connectivity index (χ3n) is 5.37. The predicted molar refractivity (Wildman–Crippen MR) is 135 cm³/mol. The summed E-state index contributed by atoms with van der Waals surface area (Å²) in [6.45, 7) is 0.256. The maximum atomic E-state index is 12.7. The molecular weight excluding hydrogens is 530 g/mol. The van der Waals surface area contributed by atoms with Crippen LogP contribution in [0.4, 0.5) is 0 Å². The van der Waals surface area contributed by atoms with Crippen LogP contribution in [0.2, 0.25) is 0 Å². The van der Waals surface area contributed by atoms with E-state index in [2.05, 4.69) is 21.2 Å². The fraction of sp³-hybridized carbons (Fsp3) is 0.0370. The average molecular weight is 546 g/mol. The second-order valence-corrected chi connectivity index (χ2v) is 8.75. The molecule has 9 heteroatoms. The highest BCUT2D eigenvalue weighted by molar-refractivity contribution is 9.10. The summed E-state index contributed by atoms with van der Waals surface area (Å²) in [5, 5.41) is 3.68. The van der Waals surface area contributed by atoms with Gasteiger partial charge in [-0.2, -0.15) is 0 Å². The van der Waals surface area contributed by atoms with Crippen molar-refractivity contribution < 1.29 is 23.2 Å². The Morgan fingerprint density at radius 2 is 1.50 bits per heavy atom. The lowest BCUT2D eigenvalue weighted by Crippen LogP contribution is -2.27. The zero-order valence-corrected chi connectivity index (χ0v) is 20.0. The van der Waals surface area contributed by atoms with E-state index in [4.69, 9.17) is 13.6 Å². The quantitative estimate of drug-likeness (QED) is 0.191. The summed E-state index contributed by atoms with van der Waals surface area (Å²) in [7, 11) is 0. The highest BCUT2D eigenvalue weighted by atomic mass is 79.9. The zero-order chi connectivity index (χ0) is 25.2. The van der Waals surface area contributed by atoms with Gasteiger partial charge in [-0.25, -0.2) is 14.4 Å². The molecule has 36 heavy (non-hydrogen) atoms. The number of amides is 1. The summed E-state index contributed by atoms with van der Waals surface area (Å²) in [5.74, 6) is -1.45. The van der Waals surface area contributed by atoms with Crippen LogP contribution in [0.5, 0.6) is 5.75 Å². The van der Waals surface area contributed by atoms with Crippen LogP contribution in [0.15, 0.2) is 102 Å². The van der Waals surface area contributed by atoms with Crippen molar-refractivity contribution in [2.24, 2.45) is 0 Å². The minimum atomic E-state index is -0.927. The molecule has 5 rings (SSSR count). The van der Waals surface area contributed by atoms with Crippen LogP contribution in [-0.4, -0.2) is 11.9 Å². The molecule has 1 N–H and O–H groups in total. The van der Waals surface area contributed by atoms with Crippen molar-refractivity contribution >= 4 is 49.7 Å². The number of carbonyl (C=O) groups excluding carboxylic acids is 2. The number of halogens is 1. The Hall–Kier alpha value is -4.50. The molecule has 0 radical (unpaired) electrons. The lowest BCUT2D eigenvalue weighted by atomic mass is 10.1. The van der Waals surface area contributed by atoms with Crippen molar-refractivity contribution in [3.8, 4) is 5.75 Å². The van der Waals surface area contributed by atoms with Crippen LogP contribution in [0.1, 0.15) is 26.3 Å². The molecule has 178 valence electrons. The van der Waals surface area contributed by atoms with Crippen molar-refractivity contribution in [2.75, 3.05) is 0 Å². The molecule has 0 aliphatic carbocycles. The average Bonchev–Trinajstić information content (AvgIpc) is 2.87. The first-order valence-corrected chi connectivity index (χ1v) is 11.5. The van der Waals surface area contributed by atoms with Crippen LogP contribution >= 0.6 is 15.9 Å². The van der Waals surface area contributed by atoms with E-state index in [1.807, 2.05) is 30.3 Å². The van der Waals surface area contributed by atoms with Crippen molar-refractivity contribution in [2.45, 2.75) is 6.54 Å². The lowest BCUT2D eigenvalue weighted by molar-refractivity contribution is 0.0730. The van der Waals surface area contributed by atoms with Crippen molar-refractivity contribution in [3.63, 3.8) is 0 Å². The van der Waals surface area contributed by atoms with Crippen molar-refractivity contribution in [3.05, 3.63) is 121 Å². The Kier molecular flexibility index (Phi) is 6.22. The van der Waals surface area contributed by atoms with Gasteiger partial charge in [0.15, 0.2) is 0 Å². The van der Waals surface area contributed by atoms with Gasteiger partial charge < -0.3 is 18.9 Å². The van der Waals surface area contributed by atoms with Crippen molar-refractivity contribution in [1.29, 1.82) is 0 Å². The molecule has 3 aromatic carbocycles. The number of fused-ring (bicyclic) bond motifs is 2. The second-order valence-electron chi connectivity index (χ2n) is 7.83. The zero-order valence-electron chi connectivity index (χ0n) is 18.4. The van der Waals surface area contributed by atoms with E-state index in [-0.39, 0.29) is 29.0 Å². The van der Waals surface area contributed by atoms with Gasteiger partial charge in [-0.05, 0) is 48.0 Å². The highest BCUT2D eigenvalue weighted by Gasteiger charge is 2.18. The third-order valence-corrected chi connectivity index (χ3v) is 5.87. The Labute approximate surface area is 211 Å². The summed E-state index contributed by atoms with van der Waals surface area (Å²) < 4.78 is 16.6. The molecule has 2 aromatic heterocycles. The minimum absolute atomic E-state index is 0.0469. The van der Waals surface area contributed by atoms with Gasteiger partial charge in [-0.1, -0.05) is 46.3 Å². The van der Waals surface area contributed by atoms with Gasteiger partial charge in [0.2, 0.25) is 0 Å². The van der Waals surface area contributed by atoms with E-state index in [1.165, 1.54) is 30.3 Å². The number of nitrogens with one attached hydrogen (secondary N) is 1. The third kappa shape index (κ3) is 4.82. The molecule has 0 aliphatic rings. The smallest absolute Gasteiger partial charge is 0.351 e. The van der Waals surface area contributed by atoms with Gasteiger partial charge >= 0.3 is 17.2 Å². The summed E-state index contributed by atoms with van der Waals surface area (Å²) in [6, 6.07) is 21.4. The Morgan fingerprint density at radius 1 is 0.778 bits per heavy atom. The molecule has 0 saturated carbocycles. The summed E-state index contributed by atoms with van der Waals surface area (Å²) in [4.78, 5) is 49.9. The molecule has 0 aliphatic heterocycles. The molecule has 0 fully saturated rings. The van der Waals surface area contributed by atoms with Crippen LogP contribution in [0.25, 0.3) is 21.9 Å². The summed E-state index contributed by atoms with van der Waals surface area (Å²) in [6.07, 6.45) is 0. The molecule has 0 spiro atoms. The molecule has 0 bridgehead atoms. The van der Waals surface area contributed by atoms with E-state index in [0.717, 1.165) is 10.0 Å². The van der Waals surface area contributed by atoms with Crippen LogP contribution in [0, 0.1) is 0 Å². The number of ether oxygens (including phenoxy) is 1. The number of benzene rings is 3. The largest absolute Gasteiger partial charge is 0.423 e. The molecular formula is C27H16BrNO7. The van der Waals surface area contributed by atoms with Gasteiger partial charge in [0.25, 0.3) is 5.91 Å². The second kappa shape index (κ2) is 9.63. The number of hydrogen-bond acceptors (Lipinski definition) is 7. The van der Waals surface area contributed by atoms with Gasteiger partial charge in [0, 0.05) is 27.9 Å². The summed E-state index contributed by atoms with van der Waals surface area (Å²) >= 11 is 3.33. The number of rotatable bonds is 5. The summed E-state index contributed by atoms with van der Waals surface area (Å²) in [5.41, 5.74) is -0.785. The predicted octanol–water partition coefficient (Wildman–Crippen LogP) is 4.81. The topological polar surface area (TPSA) is 116 Å². The molecule has 0 atom stereocenters. The van der Waals surface area contributed by atoms with Crippen LogP contribution in [0.3, 0.4) is 0 Å². The first kappa shape index (κ1) is 23.3. The molecule has 8 nitrogen and oxygen atoms in total. The molecule has 0 unspecified atom stereocenters. The first-order valence-electron chi connectivity index (χ1n) is 10.7. The molecule has 5 aromatic rings. The highest BCUT2D eigenvalue weighted by Crippen LogP contribution is 2.23. The van der Waals surface area contributed by atoms with E-state index >= 15 is 0 Å². The fourth-order valence-corrected chi connectivity index (χ4v) is 3.96. The minimum Gasteiger partial charge on any atom is -0.423 e. The maximum absolute atomic E-state index is 12.7. The van der Waals surface area contributed by atoms with E-state index in [9.17, 15) is 19.2 Å². The first-order chi connectivity index (χ1) is 17.4. The SMILES string of the molecule is O=C(NCc1ccccc1)c1cc2ccc(OC(=O)c3cc4cc(Br)ccc4oc3=O)cc2oc1=O. The van der Waals surface area contributed by atoms with E-state index < -0.39 is 23.1 Å². The fourth-order valence-electron chi connectivity index (χ4n) is 3.59. The van der Waals surface area contributed by atoms with Crippen molar-refractivity contribution in [1.82, 2.24) is 5.32 Å². The molecule has 2 heterocycles. The number of carbonyl (C=O) groups is 2.